The van der Waals surface area contributed by atoms with E-state index in [4.69, 9.17) is 4.42 Å². The quantitative estimate of drug-likeness (QED) is 0.709. The molecular formula is C18H19FN4OS. The van der Waals surface area contributed by atoms with Gasteiger partial charge in [0.25, 0.3) is 5.89 Å². The second-order valence-electron chi connectivity index (χ2n) is 6.07. The van der Waals surface area contributed by atoms with Gasteiger partial charge in [0.2, 0.25) is 5.89 Å². The van der Waals surface area contributed by atoms with Crippen molar-refractivity contribution in [2.75, 3.05) is 31.1 Å². The number of thiophene rings is 1. The van der Waals surface area contributed by atoms with E-state index in [0.29, 0.717) is 17.5 Å². The van der Waals surface area contributed by atoms with Gasteiger partial charge in [0.05, 0.1) is 16.6 Å². The van der Waals surface area contributed by atoms with E-state index in [1.54, 1.807) is 17.4 Å². The summed E-state index contributed by atoms with van der Waals surface area (Å²) in [6.45, 7) is 5.28. The molecule has 5 nitrogen and oxygen atoms in total. The van der Waals surface area contributed by atoms with Gasteiger partial charge in [-0.2, -0.15) is 0 Å². The molecule has 1 aromatic carbocycles. The molecule has 1 atom stereocenters. The Balaban J connectivity index is 1.41. The number of hydrogen-bond acceptors (Lipinski definition) is 6. The summed E-state index contributed by atoms with van der Waals surface area (Å²) in [6.07, 6.45) is 0. The van der Waals surface area contributed by atoms with Crippen LogP contribution < -0.4 is 4.90 Å². The summed E-state index contributed by atoms with van der Waals surface area (Å²) in [4.78, 5) is 5.36. The molecule has 7 heteroatoms. The molecule has 130 valence electrons. The zero-order valence-corrected chi connectivity index (χ0v) is 14.7. The van der Waals surface area contributed by atoms with Crippen LogP contribution in [0.25, 0.3) is 10.8 Å². The largest absolute Gasteiger partial charge is 0.418 e. The third-order valence-electron chi connectivity index (χ3n) is 4.59. The smallest absolute Gasteiger partial charge is 0.257 e. The van der Waals surface area contributed by atoms with Crippen molar-refractivity contribution in [2.24, 2.45) is 0 Å². The van der Waals surface area contributed by atoms with E-state index in [0.717, 1.165) is 31.1 Å². The Bertz CT molecular complexity index is 827. The Morgan fingerprint density at radius 2 is 1.88 bits per heavy atom. The fourth-order valence-electron chi connectivity index (χ4n) is 3.12. The van der Waals surface area contributed by atoms with Crippen LogP contribution in [-0.4, -0.2) is 41.3 Å². The number of hydrogen-bond donors (Lipinski definition) is 0. The maximum absolute atomic E-state index is 13.9. The first-order valence-corrected chi connectivity index (χ1v) is 9.21. The van der Waals surface area contributed by atoms with Gasteiger partial charge in [0.1, 0.15) is 5.82 Å². The molecule has 1 saturated heterocycles. The maximum atomic E-state index is 13.9. The highest BCUT2D eigenvalue weighted by Gasteiger charge is 2.26. The second-order valence-corrected chi connectivity index (χ2v) is 7.02. The van der Waals surface area contributed by atoms with E-state index in [9.17, 15) is 4.39 Å². The molecular weight excluding hydrogens is 339 g/mol. The van der Waals surface area contributed by atoms with E-state index < -0.39 is 0 Å². The van der Waals surface area contributed by atoms with Crippen molar-refractivity contribution < 1.29 is 8.81 Å². The summed E-state index contributed by atoms with van der Waals surface area (Å²) in [5, 5.41) is 10.4. The highest BCUT2D eigenvalue weighted by atomic mass is 32.1. The van der Waals surface area contributed by atoms with Crippen LogP contribution in [0, 0.1) is 5.82 Å². The number of piperazine rings is 1. The van der Waals surface area contributed by atoms with Gasteiger partial charge in [-0.05, 0) is 30.5 Å². The van der Waals surface area contributed by atoms with Gasteiger partial charge in [-0.1, -0.05) is 18.2 Å². The van der Waals surface area contributed by atoms with Crippen LogP contribution in [0.3, 0.4) is 0 Å². The minimum absolute atomic E-state index is 0.0454. The van der Waals surface area contributed by atoms with Crippen LogP contribution in [0.4, 0.5) is 10.1 Å². The summed E-state index contributed by atoms with van der Waals surface area (Å²) in [5.74, 6) is 1.03. The Morgan fingerprint density at radius 3 is 2.60 bits per heavy atom. The van der Waals surface area contributed by atoms with E-state index in [1.807, 2.05) is 29.6 Å². The maximum Gasteiger partial charge on any atom is 0.257 e. The average molecular weight is 358 g/mol. The molecule has 0 saturated carbocycles. The summed E-state index contributed by atoms with van der Waals surface area (Å²) in [5.41, 5.74) is 0.674. The topological polar surface area (TPSA) is 45.4 Å². The van der Waals surface area contributed by atoms with Crippen LogP contribution in [0.1, 0.15) is 18.9 Å². The number of nitrogens with zero attached hydrogens (tertiary/aromatic N) is 4. The zero-order chi connectivity index (χ0) is 17.2. The molecule has 0 radical (unpaired) electrons. The number of rotatable bonds is 4. The van der Waals surface area contributed by atoms with Crippen LogP contribution in [0.15, 0.2) is 46.2 Å². The molecule has 0 spiro atoms. The standard InChI is InChI=1S/C18H19FN4OS/c1-13(17-20-21-18(24-17)16-7-4-12-25-16)22-8-10-23(11-9-22)15-6-3-2-5-14(15)19/h2-7,12-13H,8-11H2,1H3/t13-/m1/s1. The number of para-hydroxylation sites is 1. The van der Waals surface area contributed by atoms with Crippen LogP contribution in [0.5, 0.6) is 0 Å². The van der Waals surface area contributed by atoms with Gasteiger partial charge in [-0.25, -0.2) is 4.39 Å². The Kier molecular flexibility index (Phi) is 4.50. The summed E-state index contributed by atoms with van der Waals surface area (Å²) in [6, 6.07) is 10.9. The predicted octanol–water partition coefficient (Wildman–Crippen LogP) is 3.82. The van der Waals surface area contributed by atoms with Crippen LogP contribution in [-0.2, 0) is 0 Å². The summed E-state index contributed by atoms with van der Waals surface area (Å²) >= 11 is 1.58. The average Bonchev–Trinajstić information content (AvgIpc) is 3.33. The predicted molar refractivity (Wildman–Crippen MR) is 96.2 cm³/mol. The Hall–Kier alpha value is -2.25. The molecule has 1 aliphatic rings. The van der Waals surface area contributed by atoms with Crippen LogP contribution in [0.2, 0.25) is 0 Å². The molecule has 2 aromatic heterocycles. The van der Waals surface area contributed by atoms with Crippen LogP contribution >= 0.6 is 11.3 Å². The number of aromatic nitrogens is 2. The third-order valence-corrected chi connectivity index (χ3v) is 5.44. The number of anilines is 1. The lowest BCUT2D eigenvalue weighted by Crippen LogP contribution is -2.47. The first kappa shape index (κ1) is 16.2. The Labute approximate surface area is 149 Å². The minimum atomic E-state index is -0.165. The van der Waals surface area contributed by atoms with Gasteiger partial charge in [-0.3, -0.25) is 4.90 Å². The number of halogens is 1. The minimum Gasteiger partial charge on any atom is -0.418 e. The fourth-order valence-corrected chi connectivity index (χ4v) is 3.76. The van der Waals surface area contributed by atoms with Crippen molar-refractivity contribution in [3.05, 3.63) is 53.5 Å². The molecule has 0 N–H and O–H groups in total. The molecule has 1 fully saturated rings. The lowest BCUT2D eigenvalue weighted by Gasteiger charge is -2.38. The molecule has 3 heterocycles. The van der Waals surface area contributed by atoms with E-state index in [-0.39, 0.29) is 11.9 Å². The second kappa shape index (κ2) is 6.93. The van der Waals surface area contributed by atoms with Crippen molar-refractivity contribution >= 4 is 17.0 Å². The first-order chi connectivity index (χ1) is 12.2. The molecule has 1 aliphatic heterocycles. The highest BCUT2D eigenvalue weighted by molar-refractivity contribution is 7.13. The third kappa shape index (κ3) is 3.29. The molecule has 0 unspecified atom stereocenters. The van der Waals surface area contributed by atoms with Crippen molar-refractivity contribution in [1.29, 1.82) is 0 Å². The lowest BCUT2D eigenvalue weighted by atomic mass is 10.2. The van der Waals surface area contributed by atoms with Crippen molar-refractivity contribution in [2.45, 2.75) is 13.0 Å². The Morgan fingerprint density at radius 1 is 1.08 bits per heavy atom. The molecule has 4 rings (SSSR count). The van der Waals surface area contributed by atoms with E-state index in [2.05, 4.69) is 26.9 Å². The van der Waals surface area contributed by atoms with Gasteiger partial charge in [0, 0.05) is 26.2 Å². The van der Waals surface area contributed by atoms with Crippen molar-refractivity contribution in [1.82, 2.24) is 15.1 Å². The number of benzene rings is 1. The van der Waals surface area contributed by atoms with Gasteiger partial charge < -0.3 is 9.32 Å². The van der Waals surface area contributed by atoms with Gasteiger partial charge >= 0.3 is 0 Å². The zero-order valence-electron chi connectivity index (χ0n) is 13.9. The van der Waals surface area contributed by atoms with E-state index >= 15 is 0 Å². The summed E-state index contributed by atoms with van der Waals surface area (Å²) in [7, 11) is 0. The van der Waals surface area contributed by atoms with Crippen molar-refractivity contribution in [3.63, 3.8) is 0 Å². The molecule has 3 aromatic rings. The highest BCUT2D eigenvalue weighted by Crippen LogP contribution is 2.28. The van der Waals surface area contributed by atoms with Gasteiger partial charge in [0.15, 0.2) is 0 Å². The molecule has 0 aliphatic carbocycles. The lowest BCUT2D eigenvalue weighted by molar-refractivity contribution is 0.173. The molecule has 25 heavy (non-hydrogen) atoms. The van der Waals surface area contributed by atoms with Gasteiger partial charge in [-0.15, -0.1) is 21.5 Å². The van der Waals surface area contributed by atoms with Crippen molar-refractivity contribution in [3.8, 4) is 10.8 Å². The normalized spacial score (nSPS) is 17.0. The molecule has 0 amide bonds. The molecule has 0 bridgehead atoms. The van der Waals surface area contributed by atoms with E-state index in [1.165, 1.54) is 6.07 Å². The SMILES string of the molecule is C[C@H](c1nnc(-c2cccs2)o1)N1CCN(c2ccccc2F)CC1. The fraction of sp³-hybridized carbons (Fsp3) is 0.333. The first-order valence-electron chi connectivity index (χ1n) is 8.33. The monoisotopic (exact) mass is 358 g/mol. The summed E-state index contributed by atoms with van der Waals surface area (Å²) < 4.78 is 19.8.